The van der Waals surface area contributed by atoms with Crippen LogP contribution >= 0.6 is 11.6 Å². The number of halogens is 1. The highest BCUT2D eigenvalue weighted by molar-refractivity contribution is 6.30. The van der Waals surface area contributed by atoms with Crippen molar-refractivity contribution >= 4 is 17.7 Å². The van der Waals surface area contributed by atoms with Gasteiger partial charge in [0.25, 0.3) is 0 Å². The van der Waals surface area contributed by atoms with Crippen LogP contribution in [0.3, 0.4) is 0 Å². The lowest BCUT2D eigenvalue weighted by Crippen LogP contribution is -2.43. The van der Waals surface area contributed by atoms with Gasteiger partial charge in [-0.15, -0.1) is 0 Å². The summed E-state index contributed by atoms with van der Waals surface area (Å²) in [5, 5.41) is 3.31. The minimum Gasteiger partial charge on any atom is -0.438 e. The summed E-state index contributed by atoms with van der Waals surface area (Å²) < 4.78 is 5.31. The van der Waals surface area contributed by atoms with Crippen LogP contribution in [0.15, 0.2) is 24.3 Å². The molecule has 1 saturated heterocycles. The van der Waals surface area contributed by atoms with Gasteiger partial charge in [-0.2, -0.15) is 0 Å². The van der Waals surface area contributed by atoms with Gasteiger partial charge in [0.15, 0.2) is 0 Å². The Bertz CT molecular complexity index is 377. The van der Waals surface area contributed by atoms with E-state index in [1.165, 1.54) is 0 Å². The molecule has 0 spiro atoms. The molecule has 1 amide bonds. The molecular formula is C11H12ClNO2. The maximum absolute atomic E-state index is 11.2. The topological polar surface area (TPSA) is 38.3 Å². The first kappa shape index (κ1) is 10.3. The van der Waals surface area contributed by atoms with Crippen molar-refractivity contribution in [1.29, 1.82) is 0 Å². The first-order chi connectivity index (χ1) is 7.10. The molecule has 0 bridgehead atoms. The summed E-state index contributed by atoms with van der Waals surface area (Å²) >= 11 is 5.80. The van der Waals surface area contributed by atoms with E-state index in [9.17, 15) is 4.79 Å². The minimum atomic E-state index is -0.535. The van der Waals surface area contributed by atoms with E-state index in [1.807, 2.05) is 19.1 Å². The van der Waals surface area contributed by atoms with Gasteiger partial charge in [-0.05, 0) is 24.6 Å². The monoisotopic (exact) mass is 225 g/mol. The van der Waals surface area contributed by atoms with Gasteiger partial charge >= 0.3 is 6.09 Å². The van der Waals surface area contributed by atoms with Crippen molar-refractivity contribution in [2.75, 3.05) is 6.54 Å². The lowest BCUT2D eigenvalue weighted by molar-refractivity contribution is -0.00273. The molecule has 1 fully saturated rings. The number of hydrogen-bond donors (Lipinski definition) is 1. The van der Waals surface area contributed by atoms with E-state index in [2.05, 4.69) is 5.32 Å². The third kappa shape index (κ3) is 2.07. The fourth-order valence-electron chi connectivity index (χ4n) is 1.70. The second kappa shape index (κ2) is 3.74. The lowest BCUT2D eigenvalue weighted by Gasteiger charge is -2.34. The average molecular weight is 226 g/mol. The summed E-state index contributed by atoms with van der Waals surface area (Å²) in [6.45, 7) is 2.55. The number of amides is 1. The Morgan fingerprint density at radius 2 is 2.07 bits per heavy atom. The Morgan fingerprint density at radius 3 is 2.67 bits per heavy atom. The third-order valence-corrected chi connectivity index (χ3v) is 2.90. The van der Waals surface area contributed by atoms with Gasteiger partial charge in [-0.1, -0.05) is 23.7 Å². The molecule has 0 aliphatic carbocycles. The number of nitrogens with one attached hydrogen (secondary N) is 1. The van der Waals surface area contributed by atoms with Crippen LogP contribution < -0.4 is 5.32 Å². The molecule has 1 unspecified atom stereocenters. The first-order valence-corrected chi connectivity index (χ1v) is 5.21. The highest BCUT2D eigenvalue weighted by Gasteiger charge is 2.34. The second-order valence-corrected chi connectivity index (χ2v) is 4.24. The van der Waals surface area contributed by atoms with Crippen LogP contribution in [0.2, 0.25) is 5.02 Å². The van der Waals surface area contributed by atoms with Crippen LogP contribution in [-0.2, 0) is 10.3 Å². The molecule has 1 aliphatic heterocycles. The number of cyclic esters (lactones) is 1. The predicted molar refractivity (Wildman–Crippen MR) is 57.9 cm³/mol. The van der Waals surface area contributed by atoms with E-state index < -0.39 is 5.60 Å². The Morgan fingerprint density at radius 1 is 1.40 bits per heavy atom. The van der Waals surface area contributed by atoms with E-state index in [1.54, 1.807) is 12.1 Å². The third-order valence-electron chi connectivity index (χ3n) is 2.64. The normalized spacial score (nSPS) is 25.6. The zero-order valence-corrected chi connectivity index (χ0v) is 9.17. The number of rotatable bonds is 1. The van der Waals surface area contributed by atoms with Crippen LogP contribution in [0, 0.1) is 0 Å². The van der Waals surface area contributed by atoms with Crippen LogP contribution in [0.4, 0.5) is 4.79 Å². The fourth-order valence-corrected chi connectivity index (χ4v) is 1.83. The summed E-state index contributed by atoms with van der Waals surface area (Å²) in [5.74, 6) is 0. The number of carbonyl (C=O) groups is 1. The minimum absolute atomic E-state index is 0.362. The molecule has 15 heavy (non-hydrogen) atoms. The van der Waals surface area contributed by atoms with Gasteiger partial charge in [0, 0.05) is 18.0 Å². The molecular weight excluding hydrogens is 214 g/mol. The van der Waals surface area contributed by atoms with Gasteiger partial charge < -0.3 is 10.1 Å². The van der Waals surface area contributed by atoms with Gasteiger partial charge in [0.2, 0.25) is 0 Å². The SMILES string of the molecule is CC1(c2ccc(Cl)cc2)CCNC(=O)O1. The number of hydrogen-bond acceptors (Lipinski definition) is 2. The molecule has 80 valence electrons. The van der Waals surface area contributed by atoms with E-state index >= 15 is 0 Å². The Labute approximate surface area is 93.4 Å². The molecule has 1 aromatic carbocycles. The Kier molecular flexibility index (Phi) is 2.57. The van der Waals surface area contributed by atoms with Crippen molar-refractivity contribution in [2.45, 2.75) is 18.9 Å². The molecule has 1 atom stereocenters. The standard InChI is InChI=1S/C11H12ClNO2/c1-11(6-7-13-10(14)15-11)8-2-4-9(12)5-3-8/h2-5H,6-7H2,1H3,(H,13,14). The van der Waals surface area contributed by atoms with Crippen molar-refractivity contribution < 1.29 is 9.53 Å². The summed E-state index contributed by atoms with van der Waals surface area (Å²) in [6, 6.07) is 7.39. The summed E-state index contributed by atoms with van der Waals surface area (Å²) in [5.41, 5.74) is 0.439. The van der Waals surface area contributed by atoms with Crippen LogP contribution in [0.1, 0.15) is 18.9 Å². The Balaban J connectivity index is 2.28. The molecule has 1 N–H and O–H groups in total. The first-order valence-electron chi connectivity index (χ1n) is 4.83. The van der Waals surface area contributed by atoms with Crippen LogP contribution in [0.5, 0.6) is 0 Å². The average Bonchev–Trinajstić information content (AvgIpc) is 2.18. The molecule has 4 heteroatoms. The molecule has 1 heterocycles. The van der Waals surface area contributed by atoms with Gasteiger partial charge in [-0.3, -0.25) is 0 Å². The number of alkyl carbamates (subject to hydrolysis) is 1. The van der Waals surface area contributed by atoms with Crippen LogP contribution in [-0.4, -0.2) is 12.6 Å². The molecule has 2 rings (SSSR count). The fraction of sp³-hybridized carbons (Fsp3) is 0.364. The quantitative estimate of drug-likeness (QED) is 0.798. The lowest BCUT2D eigenvalue weighted by atomic mass is 9.91. The molecule has 0 aromatic heterocycles. The molecule has 1 aliphatic rings. The second-order valence-electron chi connectivity index (χ2n) is 3.80. The van der Waals surface area contributed by atoms with Gasteiger partial charge in [0.1, 0.15) is 5.60 Å². The van der Waals surface area contributed by atoms with Crippen molar-refractivity contribution in [1.82, 2.24) is 5.32 Å². The number of ether oxygens (including phenoxy) is 1. The number of benzene rings is 1. The zero-order valence-electron chi connectivity index (χ0n) is 8.42. The molecule has 0 saturated carbocycles. The maximum Gasteiger partial charge on any atom is 0.408 e. The highest BCUT2D eigenvalue weighted by Crippen LogP contribution is 2.31. The predicted octanol–water partition coefficient (Wildman–Crippen LogP) is 2.69. The van der Waals surface area contributed by atoms with Gasteiger partial charge in [0.05, 0.1) is 0 Å². The maximum atomic E-state index is 11.2. The van der Waals surface area contributed by atoms with Crippen molar-refractivity contribution in [2.24, 2.45) is 0 Å². The summed E-state index contributed by atoms with van der Waals surface area (Å²) in [4.78, 5) is 11.2. The number of carbonyl (C=O) groups excluding carboxylic acids is 1. The molecule has 0 radical (unpaired) electrons. The smallest absolute Gasteiger partial charge is 0.408 e. The zero-order chi connectivity index (χ0) is 10.9. The van der Waals surface area contributed by atoms with E-state index in [4.69, 9.17) is 16.3 Å². The molecule has 3 nitrogen and oxygen atoms in total. The molecule has 1 aromatic rings. The van der Waals surface area contributed by atoms with E-state index in [-0.39, 0.29) is 6.09 Å². The van der Waals surface area contributed by atoms with Gasteiger partial charge in [-0.25, -0.2) is 4.79 Å². The largest absolute Gasteiger partial charge is 0.438 e. The van der Waals surface area contributed by atoms with E-state index in [0.717, 1.165) is 12.0 Å². The highest BCUT2D eigenvalue weighted by atomic mass is 35.5. The van der Waals surface area contributed by atoms with Crippen molar-refractivity contribution in [3.05, 3.63) is 34.9 Å². The Hall–Kier alpha value is -1.22. The van der Waals surface area contributed by atoms with E-state index in [0.29, 0.717) is 11.6 Å². The summed E-state index contributed by atoms with van der Waals surface area (Å²) in [7, 11) is 0. The van der Waals surface area contributed by atoms with Crippen LogP contribution in [0.25, 0.3) is 0 Å². The van der Waals surface area contributed by atoms with Crippen molar-refractivity contribution in [3.63, 3.8) is 0 Å². The summed E-state index contributed by atoms with van der Waals surface area (Å²) in [6.07, 6.45) is 0.402. The van der Waals surface area contributed by atoms with Crippen molar-refractivity contribution in [3.8, 4) is 0 Å².